The summed E-state index contributed by atoms with van der Waals surface area (Å²) in [7, 11) is 0. The Morgan fingerprint density at radius 3 is 1.03 bits per heavy atom. The first-order chi connectivity index (χ1) is 48.7. The molecular weight excluding hydrogens is 1270 g/mol. The predicted molar refractivity (Wildman–Crippen MR) is 383 cm³/mol. The second kappa shape index (κ2) is 45.4. The van der Waals surface area contributed by atoms with Gasteiger partial charge in [-0.05, 0) is 88.6 Å². The lowest BCUT2D eigenvalue weighted by molar-refractivity contribution is -0.129. The van der Waals surface area contributed by atoms with E-state index in [0.717, 1.165) is 84.3 Å². The highest BCUT2D eigenvalue weighted by Gasteiger charge is 2.25. The number of carbonyl (C=O) groups is 5. The summed E-state index contributed by atoms with van der Waals surface area (Å²) in [6.07, 6.45) is 4.87. The van der Waals surface area contributed by atoms with Gasteiger partial charge in [0.1, 0.15) is 12.1 Å². The molecule has 0 saturated carbocycles. The zero-order valence-corrected chi connectivity index (χ0v) is 57.3. The SMILES string of the molecule is NCCOCCOCCOCCOCCOCCOCCC(=O)N[C@H](Cc1ccc2ccc3cccc4ccc1c2c34)C(=O)NCCCCCCCC(=O)N[C@H](Cc1ccc2ccc3cccc4ccc1c2c34)C(=O)NCCOCCOCCOCCOCCOCCOCCC(N)=O. The number of amides is 5. The topological polar surface area (TPSA) is 296 Å². The van der Waals surface area contributed by atoms with Gasteiger partial charge >= 0.3 is 0 Å². The van der Waals surface area contributed by atoms with Crippen LogP contribution < -0.4 is 32.7 Å². The summed E-state index contributed by atoms with van der Waals surface area (Å²) in [6, 6.07) is 36.2. The third kappa shape index (κ3) is 26.9. The molecule has 0 heterocycles. The van der Waals surface area contributed by atoms with E-state index in [1.165, 1.54) is 10.8 Å². The maximum atomic E-state index is 14.1. The van der Waals surface area contributed by atoms with E-state index >= 15 is 0 Å². The Labute approximate surface area is 580 Å². The number of hydrogen-bond donors (Lipinski definition) is 6. The van der Waals surface area contributed by atoms with Gasteiger partial charge in [-0.2, -0.15) is 0 Å². The Bertz CT molecular complexity index is 3620. The highest BCUT2D eigenvalue weighted by atomic mass is 16.6. The summed E-state index contributed by atoms with van der Waals surface area (Å²) in [6.45, 7) is 10.6. The van der Waals surface area contributed by atoms with Gasteiger partial charge in [0.15, 0.2) is 0 Å². The molecule has 0 fully saturated rings. The molecule has 8 aromatic carbocycles. The molecular formula is C76H102N6O17. The number of rotatable bonds is 57. The number of ether oxygens (including phenoxy) is 12. The zero-order valence-electron chi connectivity index (χ0n) is 57.3. The third-order valence-electron chi connectivity index (χ3n) is 16.8. The summed E-state index contributed by atoms with van der Waals surface area (Å²) >= 11 is 0. The summed E-state index contributed by atoms with van der Waals surface area (Å²) < 4.78 is 66.4. The summed E-state index contributed by atoms with van der Waals surface area (Å²) in [4.78, 5) is 66.1. The quantitative estimate of drug-likeness (QED) is 0.0162. The van der Waals surface area contributed by atoms with E-state index < -0.39 is 18.0 Å². The summed E-state index contributed by atoms with van der Waals surface area (Å²) in [5.41, 5.74) is 12.4. The fourth-order valence-corrected chi connectivity index (χ4v) is 11.8. The van der Waals surface area contributed by atoms with Gasteiger partial charge in [-0.25, -0.2) is 0 Å². The Kier molecular flexibility index (Phi) is 35.5. The normalized spacial score (nSPS) is 12.4. The molecule has 8 N–H and O–H groups in total. The number of hydrogen-bond acceptors (Lipinski definition) is 18. The molecule has 0 aromatic heterocycles. The molecule has 0 aliphatic carbocycles. The summed E-state index contributed by atoms with van der Waals surface area (Å²) in [5.74, 6) is -1.46. The largest absolute Gasteiger partial charge is 0.379 e. The molecule has 0 aliphatic heterocycles. The molecule has 0 saturated heterocycles. The molecule has 99 heavy (non-hydrogen) atoms. The molecule has 0 radical (unpaired) electrons. The number of benzene rings is 8. The first kappa shape index (κ1) is 77.4. The van der Waals surface area contributed by atoms with Crippen LogP contribution in [0.2, 0.25) is 0 Å². The van der Waals surface area contributed by atoms with Crippen molar-refractivity contribution >= 4 is 94.2 Å². The number of nitrogens with one attached hydrogen (secondary N) is 4. The Morgan fingerprint density at radius 1 is 0.313 bits per heavy atom. The van der Waals surface area contributed by atoms with Gasteiger partial charge in [0, 0.05) is 51.7 Å². The molecule has 0 spiro atoms. The van der Waals surface area contributed by atoms with E-state index in [0.29, 0.717) is 178 Å². The number of unbranched alkanes of at least 4 members (excludes halogenated alkanes) is 4. The van der Waals surface area contributed by atoms with Crippen LogP contribution in [0.5, 0.6) is 0 Å². The van der Waals surface area contributed by atoms with Crippen LogP contribution in [0.4, 0.5) is 0 Å². The summed E-state index contributed by atoms with van der Waals surface area (Å²) in [5, 5.41) is 25.7. The van der Waals surface area contributed by atoms with E-state index in [4.69, 9.17) is 68.3 Å². The Morgan fingerprint density at radius 2 is 0.626 bits per heavy atom. The lowest BCUT2D eigenvalue weighted by atomic mass is 9.90. The van der Waals surface area contributed by atoms with Gasteiger partial charge in [-0.15, -0.1) is 0 Å². The average Bonchev–Trinajstić information content (AvgIpc) is 0.751. The maximum Gasteiger partial charge on any atom is 0.243 e. The fraction of sp³-hybridized carbons (Fsp3) is 0.513. The Balaban J connectivity index is 0.735. The minimum absolute atomic E-state index is 0.0675. The van der Waals surface area contributed by atoms with Crippen LogP contribution in [0.25, 0.3) is 64.6 Å². The van der Waals surface area contributed by atoms with Crippen LogP contribution in [0.15, 0.2) is 109 Å². The second-order valence-corrected chi connectivity index (χ2v) is 24.0. The average molecular weight is 1370 g/mol. The van der Waals surface area contributed by atoms with Crippen molar-refractivity contribution in [1.29, 1.82) is 0 Å². The number of carbonyl (C=O) groups excluding carboxylic acids is 5. The molecule has 538 valence electrons. The van der Waals surface area contributed by atoms with Crippen LogP contribution in [0.1, 0.15) is 62.5 Å². The number of primary amides is 1. The standard InChI is InChI=1S/C76H102N6O17/c77-27-32-90-36-40-94-44-48-98-52-50-97-47-43-93-39-35-89-31-26-70(85)82-66(54-62-19-17-60-15-13-56-8-6-10-58-21-23-64(62)73(60)71(56)58)75(86)79-28-5-3-1-2-4-12-69(84)81-67(55-63-20-18-61-16-14-57-9-7-11-59-22-24-65(63)74(61)72(57)59)76(87)80-29-33-91-37-41-95-45-49-99-53-51-96-46-42-92-38-34-88-30-25-68(78)83/h6-11,13-24,66-67H,1-5,12,25-55,77H2,(H2,78,83)(H,79,86)(H,80,87)(H,81,84)(H,82,85)/t66-,67-/m1/s1. The lowest BCUT2D eigenvalue weighted by Crippen LogP contribution is -2.48. The van der Waals surface area contributed by atoms with Crippen LogP contribution in [0, 0.1) is 0 Å². The second-order valence-electron chi connectivity index (χ2n) is 24.0. The molecule has 8 aromatic rings. The first-order valence-corrected chi connectivity index (χ1v) is 35.0. The molecule has 0 unspecified atom stereocenters. The van der Waals surface area contributed by atoms with Crippen molar-refractivity contribution in [1.82, 2.24) is 21.3 Å². The molecule has 2 atom stereocenters. The van der Waals surface area contributed by atoms with Gasteiger partial charge in [0.2, 0.25) is 29.5 Å². The van der Waals surface area contributed by atoms with E-state index in [1.54, 1.807) is 0 Å². The third-order valence-corrected chi connectivity index (χ3v) is 16.8. The van der Waals surface area contributed by atoms with Crippen molar-refractivity contribution in [3.8, 4) is 0 Å². The number of nitrogens with two attached hydrogens (primary N) is 2. The van der Waals surface area contributed by atoms with Crippen molar-refractivity contribution in [2.75, 3.05) is 178 Å². The highest BCUT2D eigenvalue weighted by molar-refractivity contribution is 6.24. The molecule has 8 rings (SSSR count). The Hall–Kier alpha value is -7.33. The highest BCUT2D eigenvalue weighted by Crippen LogP contribution is 2.38. The van der Waals surface area contributed by atoms with E-state index in [-0.39, 0.29) is 69.3 Å². The van der Waals surface area contributed by atoms with Gasteiger partial charge in [-0.3, -0.25) is 24.0 Å². The predicted octanol–water partition coefficient (Wildman–Crippen LogP) is 7.23. The minimum atomic E-state index is -0.836. The van der Waals surface area contributed by atoms with E-state index in [2.05, 4.69) is 130 Å². The monoisotopic (exact) mass is 1370 g/mol. The maximum absolute atomic E-state index is 14.1. The van der Waals surface area contributed by atoms with Crippen molar-refractivity contribution < 1.29 is 80.8 Å². The van der Waals surface area contributed by atoms with E-state index in [9.17, 15) is 24.0 Å². The molecule has 0 aliphatic rings. The van der Waals surface area contributed by atoms with Gasteiger partial charge in [0.05, 0.1) is 159 Å². The van der Waals surface area contributed by atoms with Gasteiger partial charge < -0.3 is 89.6 Å². The van der Waals surface area contributed by atoms with E-state index in [1.807, 2.05) is 0 Å². The molecule has 0 bridgehead atoms. The molecule has 23 heteroatoms. The molecule has 23 nitrogen and oxygen atoms in total. The smallest absolute Gasteiger partial charge is 0.243 e. The fourth-order valence-electron chi connectivity index (χ4n) is 11.8. The van der Waals surface area contributed by atoms with Crippen LogP contribution in [0.3, 0.4) is 0 Å². The van der Waals surface area contributed by atoms with Crippen molar-refractivity contribution in [2.45, 2.75) is 76.3 Å². The van der Waals surface area contributed by atoms with Gasteiger partial charge in [-0.1, -0.05) is 128 Å². The first-order valence-electron chi connectivity index (χ1n) is 35.0. The van der Waals surface area contributed by atoms with Crippen LogP contribution >= 0.6 is 0 Å². The molecule has 5 amide bonds. The van der Waals surface area contributed by atoms with Crippen LogP contribution in [-0.4, -0.2) is 220 Å². The zero-order chi connectivity index (χ0) is 69.3. The lowest BCUT2D eigenvalue weighted by Gasteiger charge is -2.21. The van der Waals surface area contributed by atoms with Gasteiger partial charge in [0.25, 0.3) is 0 Å². The minimum Gasteiger partial charge on any atom is -0.379 e. The van der Waals surface area contributed by atoms with Crippen molar-refractivity contribution in [2.24, 2.45) is 11.5 Å². The van der Waals surface area contributed by atoms with Crippen molar-refractivity contribution in [3.05, 3.63) is 120 Å². The van der Waals surface area contributed by atoms with Crippen molar-refractivity contribution in [3.63, 3.8) is 0 Å². The van der Waals surface area contributed by atoms with Crippen LogP contribution in [-0.2, 0) is 93.7 Å².